The van der Waals surface area contributed by atoms with Gasteiger partial charge in [-0.1, -0.05) is 50.7 Å². The van der Waals surface area contributed by atoms with Crippen LogP contribution in [-0.2, 0) is 5.41 Å². The van der Waals surface area contributed by atoms with E-state index in [1.54, 1.807) is 0 Å². The van der Waals surface area contributed by atoms with Crippen LogP contribution in [0.15, 0.2) is 51.4 Å². The second-order valence-corrected chi connectivity index (χ2v) is 8.26. The summed E-state index contributed by atoms with van der Waals surface area (Å²) >= 11 is 2.71. The van der Waals surface area contributed by atoms with Crippen molar-refractivity contribution in [2.45, 2.75) is 31.4 Å². The number of carbonyl (C=O) groups is 1. The van der Waals surface area contributed by atoms with Crippen LogP contribution in [0.2, 0.25) is 0 Å². The molecule has 0 saturated heterocycles. The molecule has 0 fully saturated rings. The first-order valence-corrected chi connectivity index (χ1v) is 9.44. The molecule has 0 aliphatic carbocycles. The average molecular weight is 358 g/mol. The molecule has 4 nitrogen and oxygen atoms in total. The molecule has 124 valence electrons. The van der Waals surface area contributed by atoms with E-state index in [-0.39, 0.29) is 11.2 Å². The molecule has 0 amide bonds. The zero-order valence-electron chi connectivity index (χ0n) is 13.8. The molecule has 0 radical (unpaired) electrons. The molecule has 0 bridgehead atoms. The minimum absolute atomic E-state index is 0.0734. The van der Waals surface area contributed by atoms with Gasteiger partial charge in [0.1, 0.15) is 0 Å². The van der Waals surface area contributed by atoms with Gasteiger partial charge >= 0.3 is 0 Å². The first kappa shape index (κ1) is 16.9. The summed E-state index contributed by atoms with van der Waals surface area (Å²) in [4.78, 5) is 12.7. The second kappa shape index (κ2) is 6.91. The van der Waals surface area contributed by atoms with Crippen LogP contribution < -0.4 is 0 Å². The molecule has 1 aromatic carbocycles. The first-order chi connectivity index (χ1) is 11.4. The number of ketones is 1. The molecule has 0 unspecified atom stereocenters. The predicted octanol–water partition coefficient (Wildman–Crippen LogP) is 5.07. The fraction of sp³-hybridized carbons (Fsp3) is 0.278. The normalized spacial score (nSPS) is 11.6. The Hall–Kier alpha value is -1.92. The van der Waals surface area contributed by atoms with Gasteiger partial charge in [-0.15, -0.1) is 21.5 Å². The molecule has 0 saturated carbocycles. The summed E-state index contributed by atoms with van der Waals surface area (Å²) < 4.78 is 5.65. The Morgan fingerprint density at radius 3 is 2.54 bits per heavy atom. The predicted molar refractivity (Wildman–Crippen MR) is 97.8 cm³/mol. The highest BCUT2D eigenvalue weighted by atomic mass is 32.2. The zero-order valence-corrected chi connectivity index (χ0v) is 15.4. The van der Waals surface area contributed by atoms with Crippen molar-refractivity contribution in [1.29, 1.82) is 0 Å². The highest BCUT2D eigenvalue weighted by Gasteiger charge is 2.15. The second-order valence-electron chi connectivity index (χ2n) is 6.39. The van der Waals surface area contributed by atoms with Crippen molar-refractivity contribution >= 4 is 28.9 Å². The van der Waals surface area contributed by atoms with E-state index in [9.17, 15) is 4.79 Å². The molecular weight excluding hydrogens is 340 g/mol. The number of benzene rings is 1. The number of aromatic nitrogens is 2. The topological polar surface area (TPSA) is 56.0 Å². The lowest BCUT2D eigenvalue weighted by atomic mass is 9.87. The van der Waals surface area contributed by atoms with E-state index in [0.29, 0.717) is 16.9 Å². The molecule has 0 spiro atoms. The molecule has 0 aliphatic rings. The summed E-state index contributed by atoms with van der Waals surface area (Å²) in [5.41, 5.74) is 2.24. The Labute approximate surface area is 149 Å². The maximum atomic E-state index is 12.0. The van der Waals surface area contributed by atoms with E-state index >= 15 is 0 Å². The molecule has 6 heteroatoms. The van der Waals surface area contributed by atoms with Crippen LogP contribution in [0, 0.1) is 0 Å². The quantitative estimate of drug-likeness (QED) is 0.471. The lowest BCUT2D eigenvalue weighted by Crippen LogP contribution is -2.10. The minimum atomic E-state index is 0.0734. The summed E-state index contributed by atoms with van der Waals surface area (Å²) in [6.07, 6.45) is 0. The molecule has 3 rings (SSSR count). The number of thioether (sulfide) groups is 1. The smallest absolute Gasteiger partial charge is 0.277 e. The molecule has 24 heavy (non-hydrogen) atoms. The van der Waals surface area contributed by atoms with Gasteiger partial charge in [0.05, 0.1) is 10.6 Å². The molecule has 2 aromatic heterocycles. The van der Waals surface area contributed by atoms with Crippen LogP contribution >= 0.6 is 23.1 Å². The van der Waals surface area contributed by atoms with Gasteiger partial charge in [-0.05, 0) is 34.6 Å². The van der Waals surface area contributed by atoms with Gasteiger partial charge in [0.2, 0.25) is 5.89 Å². The molecule has 0 aliphatic heterocycles. The maximum absolute atomic E-state index is 12.0. The van der Waals surface area contributed by atoms with Crippen LogP contribution in [0.25, 0.3) is 11.5 Å². The Morgan fingerprint density at radius 1 is 1.17 bits per heavy atom. The van der Waals surface area contributed by atoms with Crippen molar-refractivity contribution in [1.82, 2.24) is 10.2 Å². The Bertz CT molecular complexity index is 816. The molecular formula is C18H18N2O2S2. The Morgan fingerprint density at radius 2 is 1.92 bits per heavy atom. The molecule has 3 aromatic rings. The average Bonchev–Trinajstić information content (AvgIpc) is 3.23. The summed E-state index contributed by atoms with van der Waals surface area (Å²) in [5.74, 6) is 0.844. The highest BCUT2D eigenvalue weighted by Crippen LogP contribution is 2.27. The van der Waals surface area contributed by atoms with Crippen molar-refractivity contribution in [2.75, 3.05) is 5.75 Å². The van der Waals surface area contributed by atoms with Crippen molar-refractivity contribution < 1.29 is 9.21 Å². The van der Waals surface area contributed by atoms with Crippen molar-refractivity contribution in [2.24, 2.45) is 0 Å². The van der Waals surface area contributed by atoms with Crippen molar-refractivity contribution in [3.05, 3.63) is 52.2 Å². The number of hydrogen-bond acceptors (Lipinski definition) is 6. The Balaban J connectivity index is 1.66. The third-order valence-electron chi connectivity index (χ3n) is 3.53. The van der Waals surface area contributed by atoms with E-state index in [2.05, 4.69) is 43.1 Å². The van der Waals surface area contributed by atoms with Crippen LogP contribution in [0.5, 0.6) is 0 Å². The largest absolute Gasteiger partial charge is 0.411 e. The van der Waals surface area contributed by atoms with Gasteiger partial charge in [-0.3, -0.25) is 4.79 Å². The lowest BCUT2D eigenvalue weighted by Gasteiger charge is -2.18. The fourth-order valence-corrected chi connectivity index (χ4v) is 3.54. The summed E-state index contributed by atoms with van der Waals surface area (Å²) in [5, 5.41) is 10.4. The zero-order chi connectivity index (χ0) is 17.2. The van der Waals surface area contributed by atoms with Gasteiger partial charge in [0, 0.05) is 5.56 Å². The molecule has 2 heterocycles. The van der Waals surface area contributed by atoms with E-state index in [4.69, 9.17) is 4.42 Å². The third-order valence-corrected chi connectivity index (χ3v) is 5.26. The van der Waals surface area contributed by atoms with Crippen LogP contribution in [0.3, 0.4) is 0 Å². The van der Waals surface area contributed by atoms with Gasteiger partial charge in [-0.25, -0.2) is 0 Å². The van der Waals surface area contributed by atoms with E-state index in [0.717, 1.165) is 10.4 Å². The fourth-order valence-electron chi connectivity index (χ4n) is 2.13. The van der Waals surface area contributed by atoms with E-state index < -0.39 is 0 Å². The number of carbonyl (C=O) groups excluding carboxylic acids is 1. The molecule has 0 atom stereocenters. The number of thiophene rings is 1. The highest BCUT2D eigenvalue weighted by molar-refractivity contribution is 7.99. The van der Waals surface area contributed by atoms with Gasteiger partial charge in [-0.2, -0.15) is 0 Å². The first-order valence-electron chi connectivity index (χ1n) is 7.57. The number of nitrogens with zero attached hydrogens (tertiary/aromatic N) is 2. The van der Waals surface area contributed by atoms with Gasteiger partial charge < -0.3 is 4.42 Å². The van der Waals surface area contributed by atoms with Crippen LogP contribution in [0.1, 0.15) is 36.0 Å². The standard InChI is InChI=1S/C18H18N2O2S2/c1-18(2,3)13-8-6-12(7-9-13)16-19-20-17(22-16)24-11-14(21)15-5-4-10-23-15/h4-10H,11H2,1-3H3. The summed E-state index contributed by atoms with van der Waals surface area (Å²) in [7, 11) is 0. The summed E-state index contributed by atoms with van der Waals surface area (Å²) in [6.45, 7) is 6.52. The lowest BCUT2D eigenvalue weighted by molar-refractivity contribution is 0.102. The Kier molecular flexibility index (Phi) is 4.87. The molecule has 0 N–H and O–H groups in total. The van der Waals surface area contributed by atoms with Crippen molar-refractivity contribution in [3.63, 3.8) is 0 Å². The van der Waals surface area contributed by atoms with Crippen LogP contribution in [0.4, 0.5) is 0 Å². The maximum Gasteiger partial charge on any atom is 0.277 e. The number of rotatable bonds is 5. The van der Waals surface area contributed by atoms with Crippen LogP contribution in [-0.4, -0.2) is 21.7 Å². The number of Topliss-reactive ketones (excluding diaryl/α,β-unsaturated/α-hetero) is 1. The SMILES string of the molecule is CC(C)(C)c1ccc(-c2nnc(SCC(=O)c3cccs3)o2)cc1. The third kappa shape index (κ3) is 3.94. The minimum Gasteiger partial charge on any atom is -0.411 e. The van der Waals surface area contributed by atoms with Gasteiger partial charge in [0.15, 0.2) is 5.78 Å². The van der Waals surface area contributed by atoms with Crippen molar-refractivity contribution in [3.8, 4) is 11.5 Å². The van der Waals surface area contributed by atoms with Gasteiger partial charge in [0.25, 0.3) is 5.22 Å². The van der Waals surface area contributed by atoms with E-state index in [1.165, 1.54) is 28.7 Å². The monoisotopic (exact) mass is 358 g/mol. The summed E-state index contributed by atoms with van der Waals surface area (Å²) in [6, 6.07) is 11.8. The van der Waals surface area contributed by atoms with E-state index in [1.807, 2.05) is 29.6 Å². The number of hydrogen-bond donors (Lipinski definition) is 0.